The van der Waals surface area contributed by atoms with Crippen LogP contribution in [0.25, 0.3) is 0 Å². The quantitative estimate of drug-likeness (QED) is 0.315. The summed E-state index contributed by atoms with van der Waals surface area (Å²) < 4.78 is 6.70. The van der Waals surface area contributed by atoms with Gasteiger partial charge in [-0.2, -0.15) is 0 Å². The number of amides is 3. The van der Waals surface area contributed by atoms with Gasteiger partial charge in [0.1, 0.15) is 11.6 Å². The van der Waals surface area contributed by atoms with E-state index < -0.39 is 42.2 Å². The van der Waals surface area contributed by atoms with E-state index >= 15 is 0 Å². The zero-order valence-corrected chi connectivity index (χ0v) is 25.9. The number of fused-ring (bicyclic) bond motifs is 1. The molecule has 7 atom stereocenters. The van der Waals surface area contributed by atoms with Gasteiger partial charge in [0.25, 0.3) is 5.91 Å². The van der Waals surface area contributed by atoms with Crippen molar-refractivity contribution in [3.05, 3.63) is 90.5 Å². The molecule has 2 aromatic carbocycles. The summed E-state index contributed by atoms with van der Waals surface area (Å²) in [5.74, 6) is -2.59. The average molecular weight is 637 g/mol. The van der Waals surface area contributed by atoms with Gasteiger partial charge in [-0.15, -0.1) is 13.2 Å². The molecule has 3 unspecified atom stereocenters. The van der Waals surface area contributed by atoms with Crippen molar-refractivity contribution in [1.82, 2.24) is 9.80 Å². The lowest BCUT2D eigenvalue weighted by Gasteiger charge is -2.40. The van der Waals surface area contributed by atoms with Crippen molar-refractivity contribution in [3.63, 3.8) is 0 Å². The minimum absolute atomic E-state index is 0.211. The molecule has 2 aromatic rings. The second-order valence-corrected chi connectivity index (χ2v) is 12.7. The molecular weight excluding hydrogens is 598 g/mol. The highest BCUT2D eigenvalue weighted by Crippen LogP contribution is 2.61. The maximum Gasteiger partial charge on any atom is 0.253 e. The molecule has 5 rings (SSSR count). The Morgan fingerprint density at radius 1 is 1.14 bits per heavy atom. The first-order valence-corrected chi connectivity index (χ1v) is 15.2. The van der Waals surface area contributed by atoms with Crippen molar-refractivity contribution >= 4 is 39.3 Å². The molecule has 42 heavy (non-hydrogen) atoms. The van der Waals surface area contributed by atoms with Crippen LogP contribution in [0.15, 0.2) is 73.8 Å². The van der Waals surface area contributed by atoms with E-state index in [4.69, 9.17) is 4.74 Å². The largest absolute Gasteiger partial charge is 0.394 e. The monoisotopic (exact) mass is 635 g/mol. The van der Waals surface area contributed by atoms with E-state index in [2.05, 4.69) is 29.1 Å². The summed E-state index contributed by atoms with van der Waals surface area (Å²) in [4.78, 5) is 47.9. The Hall–Kier alpha value is -3.27. The third-order valence-electron chi connectivity index (χ3n) is 8.95. The van der Waals surface area contributed by atoms with Gasteiger partial charge >= 0.3 is 0 Å². The number of rotatable bonds is 10. The van der Waals surface area contributed by atoms with Gasteiger partial charge in [0, 0.05) is 30.7 Å². The van der Waals surface area contributed by atoms with E-state index in [-0.39, 0.29) is 29.1 Å². The third-order valence-corrected chi connectivity index (χ3v) is 9.80. The number of likely N-dealkylation sites (N-methyl/N-ethyl adjacent to an activating group) is 1. The van der Waals surface area contributed by atoms with Gasteiger partial charge in [-0.3, -0.25) is 14.4 Å². The molecule has 8 nitrogen and oxygen atoms in total. The Bertz CT molecular complexity index is 1400. The van der Waals surface area contributed by atoms with Crippen LogP contribution in [-0.2, 0) is 19.1 Å². The predicted molar refractivity (Wildman–Crippen MR) is 165 cm³/mol. The molecule has 1 N–H and O–H groups in total. The Labute approximate surface area is 255 Å². The highest BCUT2D eigenvalue weighted by Gasteiger charge is 2.77. The molecule has 0 saturated carbocycles. The molecule has 0 aromatic heterocycles. The second kappa shape index (κ2) is 11.8. The lowest BCUT2D eigenvalue weighted by molar-refractivity contribution is -0.147. The maximum absolute atomic E-state index is 15.0. The molecule has 3 aliphatic heterocycles. The molecule has 3 fully saturated rings. The number of halogens is 1. The summed E-state index contributed by atoms with van der Waals surface area (Å²) in [6.07, 6.45) is 3.09. The smallest absolute Gasteiger partial charge is 0.253 e. The van der Waals surface area contributed by atoms with Crippen LogP contribution < -0.4 is 4.90 Å². The van der Waals surface area contributed by atoms with Crippen LogP contribution in [0, 0.1) is 25.7 Å². The molecule has 3 heterocycles. The van der Waals surface area contributed by atoms with Crippen LogP contribution >= 0.6 is 15.9 Å². The summed E-state index contributed by atoms with van der Waals surface area (Å²) in [6.45, 7) is 11.7. The van der Waals surface area contributed by atoms with Crippen LogP contribution in [0.5, 0.6) is 0 Å². The van der Waals surface area contributed by atoms with Crippen LogP contribution in [0.1, 0.15) is 29.2 Å². The van der Waals surface area contributed by atoms with Crippen LogP contribution in [-0.4, -0.2) is 81.9 Å². The lowest BCUT2D eigenvalue weighted by Crippen LogP contribution is -2.58. The van der Waals surface area contributed by atoms with Gasteiger partial charge in [-0.25, -0.2) is 0 Å². The van der Waals surface area contributed by atoms with Crippen LogP contribution in [0.2, 0.25) is 0 Å². The summed E-state index contributed by atoms with van der Waals surface area (Å²) in [7, 11) is 1.68. The second-order valence-electron chi connectivity index (χ2n) is 11.6. The van der Waals surface area contributed by atoms with E-state index in [0.29, 0.717) is 24.2 Å². The number of nitrogens with zero attached hydrogens (tertiary/aromatic N) is 3. The third kappa shape index (κ3) is 4.71. The van der Waals surface area contributed by atoms with E-state index in [0.717, 1.165) is 11.1 Å². The number of anilines is 1. The van der Waals surface area contributed by atoms with E-state index in [1.54, 1.807) is 29.0 Å². The highest BCUT2D eigenvalue weighted by molar-refractivity contribution is 9.09. The SMILES string of the molecule is C=CCN(C)C(=O)[C@H]1[C@@H]2OC3(CC2Br)C(C(=O)N(CC=C)c2cc(C)ccc2C)N([C@H](CO)c2ccccc2)C(=O)[C@H]13. The van der Waals surface area contributed by atoms with Crippen molar-refractivity contribution in [3.8, 4) is 0 Å². The van der Waals surface area contributed by atoms with Crippen molar-refractivity contribution in [1.29, 1.82) is 0 Å². The fourth-order valence-corrected chi connectivity index (χ4v) is 8.07. The zero-order chi connectivity index (χ0) is 30.3. The van der Waals surface area contributed by atoms with Crippen LogP contribution in [0.3, 0.4) is 0 Å². The van der Waals surface area contributed by atoms with Gasteiger partial charge < -0.3 is 24.5 Å². The molecule has 0 aliphatic carbocycles. The standard InChI is InChI=1S/C33H38BrN3O5/c1-6-15-35(5)30(39)26-27-31(40)37(25(19-38)22-11-9-8-10-12-22)29(33(27)18-23(34)28(26)42-33)32(41)36(16-7-2)24-17-20(3)13-14-21(24)4/h6-14,17,23,25-29,38H,1-2,15-16,18-19H2,3-5H3/t23?,25-,26-,27+,28-,29?,33?/m1/s1. The molecule has 3 aliphatic rings. The fraction of sp³-hybridized carbons (Fsp3) is 0.424. The number of alkyl halides is 1. The van der Waals surface area contributed by atoms with E-state index in [1.165, 1.54) is 4.90 Å². The molecule has 0 radical (unpaired) electrons. The molecule has 3 amide bonds. The van der Waals surface area contributed by atoms with Gasteiger partial charge in [-0.05, 0) is 43.0 Å². The number of aryl methyl sites for hydroxylation is 2. The topological polar surface area (TPSA) is 90.4 Å². The van der Waals surface area contributed by atoms with Gasteiger partial charge in [0.05, 0.1) is 30.6 Å². The van der Waals surface area contributed by atoms with E-state index in [9.17, 15) is 19.5 Å². The Kier molecular flexibility index (Phi) is 8.47. The number of aliphatic hydroxyl groups excluding tert-OH is 1. The average Bonchev–Trinajstić information content (AvgIpc) is 3.57. The van der Waals surface area contributed by atoms with Crippen molar-refractivity contribution in [2.24, 2.45) is 11.8 Å². The number of hydrogen-bond donors (Lipinski definition) is 1. The van der Waals surface area contributed by atoms with Crippen molar-refractivity contribution < 1.29 is 24.2 Å². The van der Waals surface area contributed by atoms with Gasteiger partial charge in [0.15, 0.2) is 0 Å². The highest BCUT2D eigenvalue weighted by atomic mass is 79.9. The lowest BCUT2D eigenvalue weighted by atomic mass is 9.70. The van der Waals surface area contributed by atoms with Gasteiger partial charge in [-0.1, -0.05) is 70.5 Å². The number of aliphatic hydroxyl groups is 1. The maximum atomic E-state index is 15.0. The van der Waals surface area contributed by atoms with Crippen LogP contribution in [0.4, 0.5) is 5.69 Å². The molecule has 1 spiro atoms. The number of benzene rings is 2. The zero-order valence-electron chi connectivity index (χ0n) is 24.3. The Morgan fingerprint density at radius 2 is 1.83 bits per heavy atom. The summed E-state index contributed by atoms with van der Waals surface area (Å²) in [5.41, 5.74) is 2.04. The Morgan fingerprint density at radius 3 is 2.48 bits per heavy atom. The number of ether oxygens (including phenoxy) is 1. The normalized spacial score (nSPS) is 28.4. The molecule has 2 bridgehead atoms. The number of carbonyl (C=O) groups is 3. The Balaban J connectivity index is 1.69. The minimum atomic E-state index is -1.26. The van der Waals surface area contributed by atoms with Crippen molar-refractivity contribution in [2.45, 2.75) is 48.9 Å². The fourth-order valence-electron chi connectivity index (χ4n) is 7.13. The predicted octanol–water partition coefficient (Wildman–Crippen LogP) is 3.95. The van der Waals surface area contributed by atoms with E-state index in [1.807, 2.05) is 62.4 Å². The first-order valence-electron chi connectivity index (χ1n) is 14.3. The summed E-state index contributed by atoms with van der Waals surface area (Å²) in [6, 6.07) is 13.2. The first kappa shape index (κ1) is 30.2. The first-order chi connectivity index (χ1) is 20.1. The minimum Gasteiger partial charge on any atom is -0.394 e. The summed E-state index contributed by atoms with van der Waals surface area (Å²) in [5, 5.41) is 10.7. The van der Waals surface area contributed by atoms with Crippen molar-refractivity contribution in [2.75, 3.05) is 31.6 Å². The number of carbonyl (C=O) groups excluding carboxylic acids is 3. The number of likely N-dealkylation sites (tertiary alicyclic amines) is 1. The molecule has 222 valence electrons. The molecular formula is C33H38BrN3O5. The molecule has 3 saturated heterocycles. The molecule has 9 heteroatoms. The summed E-state index contributed by atoms with van der Waals surface area (Å²) >= 11 is 3.74. The number of hydrogen-bond acceptors (Lipinski definition) is 5. The van der Waals surface area contributed by atoms with Gasteiger partial charge in [0.2, 0.25) is 11.8 Å².